The number of carboxylic acids is 6. The van der Waals surface area contributed by atoms with Gasteiger partial charge in [-0.15, -0.1) is 0 Å². The van der Waals surface area contributed by atoms with Crippen LogP contribution in [0.4, 0.5) is 0 Å². The quantitative estimate of drug-likeness (QED) is 0.167. The molecule has 0 saturated heterocycles. The standard InChI is InChI=1S/3C6H10O4.2Au/c3*1-4(6(9)10)2-3-5(7)8;;/h3*4H,2-3H2,1H3,(H,7,8)(H,9,10);;/q;;;2*+3/p-6. The molecule has 0 spiro atoms. The molecule has 3 atom stereocenters. The van der Waals surface area contributed by atoms with Crippen molar-refractivity contribution in [3.8, 4) is 0 Å². The number of hydrogen-bond acceptors (Lipinski definition) is 12. The fourth-order valence-corrected chi connectivity index (χ4v) is 1.36. The molecule has 12 nitrogen and oxygen atoms in total. The third kappa shape index (κ3) is 33.0. The summed E-state index contributed by atoms with van der Waals surface area (Å²) in [5.41, 5.74) is 0. The second-order valence-electron chi connectivity index (χ2n) is 6.39. The first-order chi connectivity index (χ1) is 13.6. The summed E-state index contributed by atoms with van der Waals surface area (Å²) in [4.78, 5) is 59.4. The van der Waals surface area contributed by atoms with Gasteiger partial charge in [0.25, 0.3) is 0 Å². The van der Waals surface area contributed by atoms with Gasteiger partial charge in [-0.2, -0.15) is 0 Å². The maximum Gasteiger partial charge on any atom is 3.00 e. The van der Waals surface area contributed by atoms with Gasteiger partial charge in [0, 0.05) is 35.8 Å². The van der Waals surface area contributed by atoms with Crippen molar-refractivity contribution in [1.29, 1.82) is 0 Å². The molecule has 0 aliphatic carbocycles. The third-order valence-electron chi connectivity index (χ3n) is 3.55. The summed E-state index contributed by atoms with van der Waals surface area (Å²) < 4.78 is 0. The van der Waals surface area contributed by atoms with Crippen LogP contribution in [0.15, 0.2) is 0 Å². The molecule has 3 unspecified atom stereocenters. The summed E-state index contributed by atoms with van der Waals surface area (Å²) in [5.74, 6) is -9.48. The topological polar surface area (TPSA) is 241 Å². The summed E-state index contributed by atoms with van der Waals surface area (Å²) >= 11 is 0. The SMILES string of the molecule is CC(CCC(=O)[O-])C(=O)[O-].CC(CCC(=O)[O-])C(=O)[O-].CC(CCC(=O)[O-])C(=O)[O-].[Au+3].[Au+3]. The number of carbonyl (C=O) groups excluding carboxylic acids is 6. The van der Waals surface area contributed by atoms with Crippen LogP contribution in [-0.2, 0) is 73.5 Å². The Morgan fingerprint density at radius 2 is 0.625 bits per heavy atom. The van der Waals surface area contributed by atoms with E-state index in [9.17, 15) is 59.4 Å². The van der Waals surface area contributed by atoms with E-state index in [4.69, 9.17) is 0 Å². The molecule has 0 aliphatic rings. The molecule has 0 radical (unpaired) electrons. The van der Waals surface area contributed by atoms with Crippen molar-refractivity contribution in [2.75, 3.05) is 0 Å². The number of rotatable bonds is 12. The largest absolute Gasteiger partial charge is 3.00 e. The van der Waals surface area contributed by atoms with Crippen LogP contribution in [0.2, 0.25) is 0 Å². The monoisotopic (exact) mass is 826 g/mol. The van der Waals surface area contributed by atoms with Gasteiger partial charge in [-0.1, -0.05) is 20.8 Å². The van der Waals surface area contributed by atoms with Gasteiger partial charge < -0.3 is 59.4 Å². The van der Waals surface area contributed by atoms with Crippen LogP contribution >= 0.6 is 0 Å². The van der Waals surface area contributed by atoms with Gasteiger partial charge in [0.15, 0.2) is 0 Å². The molecule has 0 aliphatic heterocycles. The Hall–Kier alpha value is -1.70. The van der Waals surface area contributed by atoms with E-state index in [2.05, 4.69) is 0 Å². The van der Waals surface area contributed by atoms with Crippen LogP contribution < -0.4 is 30.6 Å². The normalized spacial score (nSPS) is 11.7. The minimum absolute atomic E-state index is 0. The van der Waals surface area contributed by atoms with Crippen molar-refractivity contribution in [3.05, 3.63) is 0 Å². The number of aliphatic carboxylic acids is 6. The summed E-state index contributed by atoms with van der Waals surface area (Å²) in [6, 6.07) is 0. The third-order valence-corrected chi connectivity index (χ3v) is 3.55. The summed E-state index contributed by atoms with van der Waals surface area (Å²) in [5, 5.41) is 59.4. The van der Waals surface area contributed by atoms with E-state index in [-0.39, 0.29) is 83.3 Å². The molecule has 0 rings (SSSR count). The van der Waals surface area contributed by atoms with Gasteiger partial charge in [-0.25, -0.2) is 0 Å². The summed E-state index contributed by atoms with van der Waals surface area (Å²) in [7, 11) is 0. The Kier molecular flexibility index (Phi) is 30.4. The van der Waals surface area contributed by atoms with Gasteiger partial charge in [0.05, 0.1) is 0 Å². The van der Waals surface area contributed by atoms with Crippen molar-refractivity contribution in [2.45, 2.75) is 59.3 Å². The van der Waals surface area contributed by atoms with Crippen molar-refractivity contribution in [1.82, 2.24) is 0 Å². The maximum atomic E-state index is 9.99. The van der Waals surface area contributed by atoms with Gasteiger partial charge in [-0.05, 0) is 56.3 Å². The molecular weight excluding hydrogens is 802 g/mol. The molecule has 0 heterocycles. The van der Waals surface area contributed by atoms with Gasteiger partial charge in [-0.3, -0.25) is 0 Å². The predicted octanol–water partition coefficient (Wildman–Crippen LogP) is -6.30. The average Bonchev–Trinajstić information content (AvgIpc) is 2.62. The van der Waals surface area contributed by atoms with Crippen molar-refractivity contribution >= 4 is 35.8 Å². The summed E-state index contributed by atoms with van der Waals surface area (Å²) in [6.07, 6.45) is -0.459. The zero-order valence-corrected chi connectivity index (χ0v) is 21.8. The molecule has 0 amide bonds. The van der Waals surface area contributed by atoms with E-state index >= 15 is 0 Å². The van der Waals surface area contributed by atoms with E-state index in [1.54, 1.807) is 0 Å². The zero-order chi connectivity index (χ0) is 24.4. The first-order valence-electron chi connectivity index (χ1n) is 8.83. The Balaban J connectivity index is -0.000000110. The molecule has 14 heteroatoms. The number of hydrogen-bond donors (Lipinski definition) is 0. The maximum absolute atomic E-state index is 9.99. The Morgan fingerprint density at radius 3 is 0.719 bits per heavy atom. The fourth-order valence-electron chi connectivity index (χ4n) is 1.36. The second kappa shape index (κ2) is 24.0. The minimum atomic E-state index is -1.23. The molecule has 0 aromatic carbocycles. The molecule has 0 saturated carbocycles. The van der Waals surface area contributed by atoms with Crippen LogP contribution in [0.5, 0.6) is 0 Å². The first kappa shape index (κ1) is 40.6. The molecule has 0 bridgehead atoms. The number of carbonyl (C=O) groups is 6. The van der Waals surface area contributed by atoms with E-state index < -0.39 is 53.6 Å². The Morgan fingerprint density at radius 1 is 0.469 bits per heavy atom. The fraction of sp³-hybridized carbons (Fsp3) is 0.667. The Bertz CT molecular complexity index is 514. The van der Waals surface area contributed by atoms with E-state index in [1.807, 2.05) is 0 Å². The van der Waals surface area contributed by atoms with E-state index in [1.165, 1.54) is 20.8 Å². The van der Waals surface area contributed by atoms with Crippen LogP contribution in [0.1, 0.15) is 59.3 Å². The molecule has 190 valence electrons. The first-order valence-corrected chi connectivity index (χ1v) is 8.83. The van der Waals surface area contributed by atoms with Gasteiger partial charge in [0.1, 0.15) is 0 Å². The number of carboxylic acid groups (broad SMARTS) is 6. The molecule has 0 fully saturated rings. The molecular formula is C18H24Au2O12. The molecule has 0 N–H and O–H groups in total. The smallest absolute Gasteiger partial charge is 0.550 e. The molecule has 0 aromatic rings. The van der Waals surface area contributed by atoms with E-state index in [0.29, 0.717) is 0 Å². The second-order valence-corrected chi connectivity index (χ2v) is 6.39. The summed E-state index contributed by atoms with van der Waals surface area (Å²) in [6.45, 7) is 4.20. The van der Waals surface area contributed by atoms with Crippen molar-refractivity contribution < 1.29 is 104 Å². The van der Waals surface area contributed by atoms with Gasteiger partial charge in [0.2, 0.25) is 0 Å². The zero-order valence-electron chi connectivity index (χ0n) is 17.5. The van der Waals surface area contributed by atoms with E-state index in [0.717, 1.165) is 0 Å². The molecule has 0 aromatic heterocycles. The molecule has 32 heavy (non-hydrogen) atoms. The van der Waals surface area contributed by atoms with Crippen molar-refractivity contribution in [3.63, 3.8) is 0 Å². The Labute approximate surface area is 216 Å². The average molecular weight is 826 g/mol. The van der Waals surface area contributed by atoms with Gasteiger partial charge >= 0.3 is 44.8 Å². The minimum Gasteiger partial charge on any atom is -0.550 e. The predicted molar refractivity (Wildman–Crippen MR) is 85.2 cm³/mol. The van der Waals surface area contributed by atoms with Crippen LogP contribution in [0.3, 0.4) is 0 Å². The van der Waals surface area contributed by atoms with Crippen molar-refractivity contribution in [2.24, 2.45) is 17.8 Å². The van der Waals surface area contributed by atoms with Crippen LogP contribution in [0.25, 0.3) is 0 Å². The van der Waals surface area contributed by atoms with Crippen LogP contribution in [-0.4, -0.2) is 35.8 Å². The van der Waals surface area contributed by atoms with Crippen LogP contribution in [0, 0.1) is 17.8 Å².